The summed E-state index contributed by atoms with van der Waals surface area (Å²) in [5.41, 5.74) is 2.74. The van der Waals surface area contributed by atoms with Gasteiger partial charge in [0.15, 0.2) is 5.82 Å². The van der Waals surface area contributed by atoms with Crippen LogP contribution < -0.4 is 11.3 Å². The summed E-state index contributed by atoms with van der Waals surface area (Å²) >= 11 is 0. The number of hydrazine groups is 1. The van der Waals surface area contributed by atoms with Crippen molar-refractivity contribution in [3.05, 3.63) is 18.1 Å². The Hall–Kier alpha value is -1.73. The van der Waals surface area contributed by atoms with Gasteiger partial charge in [-0.15, -0.1) is 0 Å². The zero-order valence-electron chi connectivity index (χ0n) is 11.5. The predicted molar refractivity (Wildman–Crippen MR) is 72.4 cm³/mol. The second kappa shape index (κ2) is 5.50. The Morgan fingerprint density at radius 3 is 2.63 bits per heavy atom. The Kier molecular flexibility index (Phi) is 3.96. The number of aromatic nitrogens is 2. The molecule has 1 fully saturated rings. The summed E-state index contributed by atoms with van der Waals surface area (Å²) in [7, 11) is 4.08. The van der Waals surface area contributed by atoms with Gasteiger partial charge < -0.3 is 15.2 Å². The van der Waals surface area contributed by atoms with Gasteiger partial charge >= 0.3 is 0 Å². The first kappa shape index (κ1) is 13.7. The molecule has 2 unspecified atom stereocenters. The van der Waals surface area contributed by atoms with Crippen LogP contribution in [0.2, 0.25) is 0 Å². The van der Waals surface area contributed by atoms with Gasteiger partial charge in [0.05, 0.1) is 12.4 Å². The van der Waals surface area contributed by atoms with Gasteiger partial charge in [-0.25, -0.2) is 15.8 Å². The smallest absolute Gasteiger partial charge is 0.274 e. The van der Waals surface area contributed by atoms with E-state index >= 15 is 0 Å². The lowest BCUT2D eigenvalue weighted by molar-refractivity contribution is 0.0775. The number of nitrogen functional groups attached to an aromatic ring is 1. The van der Waals surface area contributed by atoms with Crippen LogP contribution >= 0.6 is 0 Å². The summed E-state index contributed by atoms with van der Waals surface area (Å²) in [5.74, 6) is 6.04. The summed E-state index contributed by atoms with van der Waals surface area (Å²) in [6, 6.07) is 0.391. The first-order valence-corrected chi connectivity index (χ1v) is 6.27. The van der Waals surface area contributed by atoms with E-state index in [1.54, 1.807) is 0 Å². The van der Waals surface area contributed by atoms with E-state index in [0.717, 1.165) is 13.1 Å². The lowest BCUT2D eigenvalue weighted by Crippen LogP contribution is -2.36. The number of hydrogen-bond acceptors (Lipinski definition) is 6. The van der Waals surface area contributed by atoms with Gasteiger partial charge in [0.1, 0.15) is 5.69 Å². The Balaban J connectivity index is 2.08. The maximum absolute atomic E-state index is 12.3. The normalized spacial score (nSPS) is 22.9. The topological polar surface area (TPSA) is 87.4 Å². The molecule has 0 radical (unpaired) electrons. The number of amides is 1. The number of likely N-dealkylation sites (N-methyl/N-ethyl adjacent to an activating group) is 1. The average Bonchev–Trinajstić information content (AvgIpc) is 2.80. The van der Waals surface area contributed by atoms with Crippen molar-refractivity contribution in [3.63, 3.8) is 0 Å². The molecule has 1 aromatic rings. The summed E-state index contributed by atoms with van der Waals surface area (Å²) in [5, 5.41) is 0. The number of rotatable bonds is 3. The van der Waals surface area contributed by atoms with E-state index in [0.29, 0.717) is 23.5 Å². The van der Waals surface area contributed by atoms with Crippen molar-refractivity contribution in [1.29, 1.82) is 0 Å². The van der Waals surface area contributed by atoms with Crippen LogP contribution in [0.4, 0.5) is 5.82 Å². The van der Waals surface area contributed by atoms with E-state index in [-0.39, 0.29) is 5.91 Å². The monoisotopic (exact) mass is 264 g/mol. The third-order valence-corrected chi connectivity index (χ3v) is 3.54. The molecule has 2 atom stereocenters. The Morgan fingerprint density at radius 1 is 1.42 bits per heavy atom. The Labute approximate surface area is 112 Å². The third kappa shape index (κ3) is 2.82. The molecule has 0 aromatic carbocycles. The molecule has 1 amide bonds. The predicted octanol–water partition coefficient (Wildman–Crippen LogP) is -0.216. The van der Waals surface area contributed by atoms with Crippen molar-refractivity contribution in [2.24, 2.45) is 11.8 Å². The van der Waals surface area contributed by atoms with E-state index in [9.17, 15) is 4.79 Å². The van der Waals surface area contributed by atoms with Crippen LogP contribution in [0.5, 0.6) is 0 Å². The number of likely N-dealkylation sites (tertiary alicyclic amines) is 1. The Bertz CT molecular complexity index is 446. The first-order chi connectivity index (χ1) is 9.02. The lowest BCUT2D eigenvalue weighted by Gasteiger charge is -2.22. The molecule has 7 nitrogen and oxygen atoms in total. The molecule has 0 spiro atoms. The first-order valence-electron chi connectivity index (χ1n) is 6.27. The molecule has 1 aromatic heterocycles. The maximum Gasteiger partial charge on any atom is 0.274 e. The molecular formula is C12H20N6O. The fourth-order valence-corrected chi connectivity index (χ4v) is 2.46. The molecule has 2 rings (SSSR count). The highest BCUT2D eigenvalue weighted by Gasteiger charge is 2.34. The van der Waals surface area contributed by atoms with Gasteiger partial charge in [-0.3, -0.25) is 4.79 Å². The Morgan fingerprint density at radius 2 is 2.16 bits per heavy atom. The summed E-state index contributed by atoms with van der Waals surface area (Å²) in [6.07, 6.45) is 2.90. The van der Waals surface area contributed by atoms with Crippen LogP contribution in [-0.2, 0) is 0 Å². The number of nitrogens with one attached hydrogen (secondary N) is 1. The summed E-state index contributed by atoms with van der Waals surface area (Å²) in [4.78, 5) is 24.4. The van der Waals surface area contributed by atoms with Crippen molar-refractivity contribution in [1.82, 2.24) is 19.8 Å². The quantitative estimate of drug-likeness (QED) is 0.580. The van der Waals surface area contributed by atoms with Gasteiger partial charge in [0.25, 0.3) is 5.91 Å². The fourth-order valence-electron chi connectivity index (χ4n) is 2.46. The molecule has 19 heavy (non-hydrogen) atoms. The number of carbonyl (C=O) groups excluding carboxylic acids is 1. The third-order valence-electron chi connectivity index (χ3n) is 3.54. The molecule has 104 valence electrons. The van der Waals surface area contributed by atoms with Crippen LogP contribution in [-0.4, -0.2) is 58.9 Å². The highest BCUT2D eigenvalue weighted by atomic mass is 16.2. The van der Waals surface area contributed by atoms with Crippen molar-refractivity contribution >= 4 is 11.7 Å². The van der Waals surface area contributed by atoms with Gasteiger partial charge in [0, 0.05) is 19.1 Å². The summed E-state index contributed by atoms with van der Waals surface area (Å²) < 4.78 is 0. The van der Waals surface area contributed by atoms with Crippen molar-refractivity contribution in [2.75, 3.05) is 32.6 Å². The number of carbonyl (C=O) groups is 1. The van der Waals surface area contributed by atoms with Gasteiger partial charge in [-0.1, -0.05) is 6.92 Å². The van der Waals surface area contributed by atoms with Crippen molar-refractivity contribution in [2.45, 2.75) is 13.0 Å². The average molecular weight is 264 g/mol. The highest BCUT2D eigenvalue weighted by Crippen LogP contribution is 2.21. The summed E-state index contributed by atoms with van der Waals surface area (Å²) in [6.45, 7) is 3.64. The van der Waals surface area contributed by atoms with E-state index in [4.69, 9.17) is 5.84 Å². The van der Waals surface area contributed by atoms with Gasteiger partial charge in [0.2, 0.25) is 0 Å². The van der Waals surface area contributed by atoms with Crippen LogP contribution in [0.3, 0.4) is 0 Å². The van der Waals surface area contributed by atoms with E-state index in [1.165, 1.54) is 12.4 Å². The molecule has 1 aliphatic heterocycles. The second-order valence-electron chi connectivity index (χ2n) is 5.15. The minimum absolute atomic E-state index is 0.0766. The minimum Gasteiger partial charge on any atom is -0.335 e. The highest BCUT2D eigenvalue weighted by molar-refractivity contribution is 5.92. The van der Waals surface area contributed by atoms with Crippen LogP contribution in [0, 0.1) is 5.92 Å². The molecule has 1 aliphatic rings. The molecule has 3 N–H and O–H groups in total. The number of nitrogens with two attached hydrogens (primary N) is 1. The standard InChI is InChI=1S/C12H20N6O/c1-8-6-18(7-10(8)17(2)3)12(19)9-4-15-11(16-13)5-14-9/h4-5,8,10H,6-7,13H2,1-3H3,(H,15,16). The van der Waals surface area contributed by atoms with Gasteiger partial charge in [-0.05, 0) is 20.0 Å². The van der Waals surface area contributed by atoms with E-state index in [2.05, 4.69) is 27.2 Å². The molecule has 7 heteroatoms. The van der Waals surface area contributed by atoms with Crippen LogP contribution in [0.15, 0.2) is 12.4 Å². The second-order valence-corrected chi connectivity index (χ2v) is 5.15. The zero-order valence-corrected chi connectivity index (χ0v) is 11.5. The molecular weight excluding hydrogens is 244 g/mol. The van der Waals surface area contributed by atoms with Crippen molar-refractivity contribution < 1.29 is 4.79 Å². The lowest BCUT2D eigenvalue weighted by atomic mass is 10.1. The molecule has 0 bridgehead atoms. The SMILES string of the molecule is CC1CN(C(=O)c2cnc(NN)cn2)CC1N(C)C. The van der Waals surface area contributed by atoms with Crippen molar-refractivity contribution in [3.8, 4) is 0 Å². The van der Waals surface area contributed by atoms with E-state index < -0.39 is 0 Å². The number of anilines is 1. The van der Waals surface area contributed by atoms with Gasteiger partial charge in [-0.2, -0.15) is 0 Å². The van der Waals surface area contributed by atoms with E-state index in [1.807, 2.05) is 19.0 Å². The van der Waals surface area contributed by atoms with Crippen LogP contribution in [0.25, 0.3) is 0 Å². The minimum atomic E-state index is -0.0766. The molecule has 0 aliphatic carbocycles. The number of hydrogen-bond donors (Lipinski definition) is 2. The molecule has 2 heterocycles. The maximum atomic E-state index is 12.3. The number of nitrogens with zero attached hydrogens (tertiary/aromatic N) is 4. The fraction of sp³-hybridized carbons (Fsp3) is 0.583. The van der Waals surface area contributed by atoms with Crippen LogP contribution in [0.1, 0.15) is 17.4 Å². The largest absolute Gasteiger partial charge is 0.335 e. The molecule has 0 saturated carbocycles. The zero-order chi connectivity index (χ0) is 14.0. The molecule has 1 saturated heterocycles.